The summed E-state index contributed by atoms with van der Waals surface area (Å²) >= 11 is 0. The molecule has 6 atom stereocenters. The number of carbonyl (C=O) groups is 8. The van der Waals surface area contributed by atoms with Crippen molar-refractivity contribution in [1.29, 1.82) is 0 Å². The number of nitrogens with zero attached hydrogens (tertiary/aromatic N) is 5. The number of carbonyl (C=O) groups excluding carboxylic acids is 7. The maximum atomic E-state index is 13.8. The highest BCUT2D eigenvalue weighted by molar-refractivity contribution is 5.97. The lowest BCUT2D eigenvalue weighted by Crippen LogP contribution is -2.56. The van der Waals surface area contributed by atoms with Gasteiger partial charge in [-0.3, -0.25) is 33.6 Å². The van der Waals surface area contributed by atoms with E-state index >= 15 is 0 Å². The summed E-state index contributed by atoms with van der Waals surface area (Å²) in [5.74, 6) is -3.69. The largest absolute Gasteiger partial charge is 0.480 e. The first-order chi connectivity index (χ1) is 24.8. The third-order valence-corrected chi connectivity index (χ3v) is 11.1. The molecule has 5 saturated heterocycles. The minimum absolute atomic E-state index is 0.223. The summed E-state index contributed by atoms with van der Waals surface area (Å²) in [6.45, 7) is 4.94. The standard InChI is InChI=1S/C35H54N8O9/c1-21(2)18-22(36)32(48)41-15-3-8-23(41)30(46)37-19-28(44)39-13-5-10-25(39)33(49)42-16-4-9-24(42)31(47)38-20-29(45)40-14-6-11-26(40)34(50)43-17-7-12-27(43)35(51)52/h21-27H,3-20,36H2,1-2H3,(H,37,46)(H,38,47)(H,51,52)/t22-,23-,24-,25-,26-,27-/m0/s1. The first-order valence-electron chi connectivity index (χ1n) is 18.8. The minimum Gasteiger partial charge on any atom is -0.480 e. The number of amides is 7. The number of carboxylic acid groups (broad SMARTS) is 1. The molecule has 0 bridgehead atoms. The highest BCUT2D eigenvalue weighted by Crippen LogP contribution is 2.27. The maximum Gasteiger partial charge on any atom is 0.326 e. The molecule has 0 saturated carbocycles. The van der Waals surface area contributed by atoms with Crippen LogP contribution in [0.3, 0.4) is 0 Å². The molecular weight excluding hydrogens is 676 g/mol. The lowest BCUT2D eigenvalue weighted by molar-refractivity contribution is -0.151. The van der Waals surface area contributed by atoms with Crippen LogP contribution in [0.15, 0.2) is 0 Å². The Balaban J connectivity index is 1.12. The van der Waals surface area contributed by atoms with Gasteiger partial charge >= 0.3 is 5.97 Å². The van der Waals surface area contributed by atoms with Crippen LogP contribution in [0, 0.1) is 5.92 Å². The summed E-state index contributed by atoms with van der Waals surface area (Å²) < 4.78 is 0. The van der Waals surface area contributed by atoms with Crippen LogP contribution in [0.2, 0.25) is 0 Å². The minimum atomic E-state index is -1.06. The first-order valence-corrected chi connectivity index (χ1v) is 18.8. The van der Waals surface area contributed by atoms with Crippen molar-refractivity contribution in [2.75, 3.05) is 45.8 Å². The van der Waals surface area contributed by atoms with E-state index in [-0.39, 0.29) is 36.7 Å². The van der Waals surface area contributed by atoms with Crippen molar-refractivity contribution in [3.8, 4) is 0 Å². The van der Waals surface area contributed by atoms with Gasteiger partial charge in [0.05, 0.1) is 19.1 Å². The van der Waals surface area contributed by atoms with Crippen LogP contribution >= 0.6 is 0 Å². The summed E-state index contributed by atoms with van der Waals surface area (Å²) in [6.07, 6.45) is 5.51. The summed E-state index contributed by atoms with van der Waals surface area (Å²) in [5, 5.41) is 14.8. The predicted molar refractivity (Wildman–Crippen MR) is 185 cm³/mol. The fourth-order valence-corrected chi connectivity index (χ4v) is 8.51. The molecule has 288 valence electrons. The molecule has 0 aromatic heterocycles. The van der Waals surface area contributed by atoms with Gasteiger partial charge in [-0.1, -0.05) is 13.8 Å². The molecule has 17 heteroatoms. The lowest BCUT2D eigenvalue weighted by atomic mass is 10.0. The molecule has 5 N–H and O–H groups in total. The number of aliphatic carboxylic acids is 1. The third-order valence-electron chi connectivity index (χ3n) is 11.1. The summed E-state index contributed by atoms with van der Waals surface area (Å²) in [5.41, 5.74) is 6.10. The second kappa shape index (κ2) is 17.0. The summed E-state index contributed by atoms with van der Waals surface area (Å²) in [7, 11) is 0. The Labute approximate surface area is 303 Å². The molecule has 5 fully saturated rings. The Bertz CT molecular complexity index is 1420. The second-order valence-corrected chi connectivity index (χ2v) is 15.1. The van der Waals surface area contributed by atoms with Crippen molar-refractivity contribution >= 4 is 47.3 Å². The van der Waals surface area contributed by atoms with Crippen molar-refractivity contribution in [3.05, 3.63) is 0 Å². The van der Waals surface area contributed by atoms with Gasteiger partial charge in [-0.2, -0.15) is 0 Å². The van der Waals surface area contributed by atoms with E-state index in [2.05, 4.69) is 10.6 Å². The van der Waals surface area contributed by atoms with Gasteiger partial charge in [0.1, 0.15) is 30.2 Å². The second-order valence-electron chi connectivity index (χ2n) is 15.1. The van der Waals surface area contributed by atoms with Gasteiger partial charge in [0.2, 0.25) is 41.4 Å². The molecule has 0 aliphatic carbocycles. The van der Waals surface area contributed by atoms with Gasteiger partial charge in [0, 0.05) is 32.7 Å². The van der Waals surface area contributed by atoms with Crippen molar-refractivity contribution in [2.45, 2.75) is 121 Å². The number of nitrogens with two attached hydrogens (primary N) is 1. The molecule has 52 heavy (non-hydrogen) atoms. The smallest absolute Gasteiger partial charge is 0.326 e. The van der Waals surface area contributed by atoms with E-state index in [0.717, 1.165) is 0 Å². The zero-order valence-electron chi connectivity index (χ0n) is 30.3. The van der Waals surface area contributed by atoms with Crippen LogP contribution in [-0.4, -0.2) is 159 Å². The van der Waals surface area contributed by atoms with E-state index < -0.39 is 65.8 Å². The quantitative estimate of drug-likeness (QED) is 0.185. The van der Waals surface area contributed by atoms with E-state index in [9.17, 15) is 43.5 Å². The van der Waals surface area contributed by atoms with Gasteiger partial charge in [-0.15, -0.1) is 0 Å². The third kappa shape index (κ3) is 8.50. The van der Waals surface area contributed by atoms with Crippen LogP contribution in [-0.2, 0) is 38.4 Å². The Morgan fingerprint density at radius 2 is 0.942 bits per heavy atom. The van der Waals surface area contributed by atoms with Crippen LogP contribution in [0.5, 0.6) is 0 Å². The molecule has 5 aliphatic heterocycles. The van der Waals surface area contributed by atoms with Crippen LogP contribution in [0.25, 0.3) is 0 Å². The predicted octanol–water partition coefficient (Wildman–Crippen LogP) is -1.37. The average Bonchev–Trinajstić information content (AvgIpc) is 3.96. The Kier molecular flexibility index (Phi) is 12.8. The Hall–Kier alpha value is -4.28. The maximum absolute atomic E-state index is 13.8. The lowest BCUT2D eigenvalue weighted by Gasteiger charge is -2.32. The molecule has 0 unspecified atom stereocenters. The molecule has 0 radical (unpaired) electrons. The number of carboxylic acids is 1. The van der Waals surface area contributed by atoms with E-state index in [4.69, 9.17) is 5.73 Å². The summed E-state index contributed by atoms with van der Waals surface area (Å²) in [4.78, 5) is 112. The van der Waals surface area contributed by atoms with Crippen molar-refractivity contribution in [1.82, 2.24) is 35.1 Å². The van der Waals surface area contributed by atoms with E-state index in [1.165, 1.54) is 24.5 Å². The molecule has 5 heterocycles. The zero-order chi connectivity index (χ0) is 37.7. The van der Waals surface area contributed by atoms with Crippen molar-refractivity contribution < 1.29 is 43.5 Å². The number of likely N-dealkylation sites (tertiary alicyclic amines) is 5. The highest BCUT2D eigenvalue weighted by Gasteiger charge is 2.44. The number of rotatable bonds is 12. The van der Waals surface area contributed by atoms with E-state index in [1.54, 1.807) is 0 Å². The Morgan fingerprint density at radius 1 is 0.577 bits per heavy atom. The van der Waals surface area contributed by atoms with Gasteiger partial charge < -0.3 is 46.0 Å². The SMILES string of the molecule is CC(C)C[C@H](N)C(=O)N1CCC[C@H]1C(=O)NCC(=O)N1CCC[C@H]1C(=O)N1CCC[C@H]1C(=O)NCC(=O)N1CCC[C@H]1C(=O)N1CCC[C@H]1C(=O)O. The zero-order valence-corrected chi connectivity index (χ0v) is 30.3. The molecule has 0 aromatic carbocycles. The topological polar surface area (TPSA) is 223 Å². The fourth-order valence-electron chi connectivity index (χ4n) is 8.51. The molecular formula is C35H54N8O9. The molecule has 0 aromatic rings. The van der Waals surface area contributed by atoms with Crippen LogP contribution in [0.1, 0.15) is 84.5 Å². The molecule has 5 aliphatic rings. The number of nitrogens with one attached hydrogen (secondary N) is 2. The van der Waals surface area contributed by atoms with Crippen molar-refractivity contribution in [2.24, 2.45) is 11.7 Å². The number of hydrogen-bond donors (Lipinski definition) is 4. The number of hydrogen-bond acceptors (Lipinski definition) is 9. The normalized spacial score (nSPS) is 26.6. The molecule has 0 spiro atoms. The molecule has 7 amide bonds. The van der Waals surface area contributed by atoms with Gasteiger partial charge in [0.25, 0.3) is 0 Å². The van der Waals surface area contributed by atoms with Gasteiger partial charge in [0.15, 0.2) is 0 Å². The van der Waals surface area contributed by atoms with Crippen LogP contribution < -0.4 is 16.4 Å². The van der Waals surface area contributed by atoms with Gasteiger partial charge in [-0.25, -0.2) is 4.79 Å². The highest BCUT2D eigenvalue weighted by atomic mass is 16.4. The Morgan fingerprint density at radius 3 is 1.38 bits per heavy atom. The molecule has 17 nitrogen and oxygen atoms in total. The summed E-state index contributed by atoms with van der Waals surface area (Å²) in [6, 6.07) is -4.73. The monoisotopic (exact) mass is 730 g/mol. The van der Waals surface area contributed by atoms with Crippen LogP contribution in [0.4, 0.5) is 0 Å². The fraction of sp³-hybridized carbons (Fsp3) is 0.771. The van der Waals surface area contributed by atoms with Gasteiger partial charge in [-0.05, 0) is 76.5 Å². The van der Waals surface area contributed by atoms with E-state index in [1.807, 2.05) is 13.8 Å². The first kappa shape index (κ1) is 38.9. The van der Waals surface area contributed by atoms with Crippen molar-refractivity contribution in [3.63, 3.8) is 0 Å². The average molecular weight is 731 g/mol. The molecule has 5 rings (SSSR count). The van der Waals surface area contributed by atoms with E-state index in [0.29, 0.717) is 103 Å².